The molecular weight excluding hydrogens is 772 g/mol. The minimum atomic E-state index is -5.00. The molecule has 0 spiro atoms. The third kappa shape index (κ3) is 8.16. The summed E-state index contributed by atoms with van der Waals surface area (Å²) in [7, 11) is 1.31. The van der Waals surface area contributed by atoms with E-state index in [9.17, 15) is 31.1 Å². The highest BCUT2D eigenvalue weighted by Gasteiger charge is 2.42. The summed E-state index contributed by atoms with van der Waals surface area (Å²) in [5.41, 5.74) is 3.79. The number of rotatable bonds is 7. The number of nitrogens with two attached hydrogens (primary N) is 1. The van der Waals surface area contributed by atoms with Crippen molar-refractivity contribution in [3.05, 3.63) is 55.7 Å². The number of carbonyl (C=O) groups excluding carboxylic acids is 1. The van der Waals surface area contributed by atoms with Crippen LogP contribution in [0.2, 0.25) is 10.0 Å². The zero-order valence-corrected chi connectivity index (χ0v) is 30.9. The van der Waals surface area contributed by atoms with E-state index in [2.05, 4.69) is 20.0 Å². The molecule has 4 aliphatic rings. The summed E-state index contributed by atoms with van der Waals surface area (Å²) >= 11 is 12.5. The minimum Gasteiger partial charge on any atom is -0.467 e. The molecule has 0 saturated carbocycles. The molecule has 3 atom stereocenters. The topological polar surface area (TPSA) is 115 Å². The number of nitrogens with zero attached hydrogens (tertiary/aromatic N) is 7. The highest BCUT2D eigenvalue weighted by molar-refractivity contribution is 6.34. The van der Waals surface area contributed by atoms with E-state index >= 15 is 4.39 Å². The highest BCUT2D eigenvalue weighted by atomic mass is 35.5. The van der Waals surface area contributed by atoms with E-state index in [1.54, 1.807) is 11.8 Å². The quantitative estimate of drug-likeness (QED) is 0.202. The molecule has 2 aromatic heterocycles. The smallest absolute Gasteiger partial charge is 0.418 e. The predicted molar refractivity (Wildman–Crippen MR) is 185 cm³/mol. The first-order valence-electron chi connectivity index (χ1n) is 17.5. The van der Waals surface area contributed by atoms with E-state index in [1.165, 1.54) is 24.6 Å². The molecule has 1 amide bonds. The van der Waals surface area contributed by atoms with Crippen molar-refractivity contribution in [3.63, 3.8) is 0 Å². The van der Waals surface area contributed by atoms with Crippen molar-refractivity contribution < 1.29 is 45.0 Å². The van der Waals surface area contributed by atoms with Crippen LogP contribution in [-0.2, 0) is 37.0 Å². The predicted octanol–water partition coefficient (Wildman–Crippen LogP) is 6.87. The van der Waals surface area contributed by atoms with Gasteiger partial charge < -0.3 is 25.0 Å². The lowest BCUT2D eigenvalue weighted by molar-refractivity contribution is -0.140. The normalized spacial score (nSPS) is 21.3. The Balaban J connectivity index is 0.000000478. The molecule has 2 N–H and O–H groups in total. The fourth-order valence-electron chi connectivity index (χ4n) is 7.52. The number of methoxy groups -OCH3 is 1. The van der Waals surface area contributed by atoms with Gasteiger partial charge >= 0.3 is 12.2 Å². The number of halogens is 9. The van der Waals surface area contributed by atoms with Gasteiger partial charge in [-0.3, -0.25) is 14.4 Å². The standard InChI is InChI=1S/C27H27Cl2F6N7O3.C7H12FN/c1-3-40(10-18(30)31)25(43)23-21(29)16-9-41(5-4-6-42(16)39-23)24-12-11-45-17(8-15(12)37-26(38-24)44-2)19-20(27(33,34)35)13(28)7-14(36)22(19)32;8-6-4-7-2-1-3-9(7)5-6/h7,17-18H,3-6,8-11,36H2,1-2H3;6-7H,1-5H2. The monoisotopic (exact) mass is 810 g/mol. The average molecular weight is 812 g/mol. The first-order valence-corrected chi connectivity index (χ1v) is 18.2. The van der Waals surface area contributed by atoms with Crippen LogP contribution >= 0.6 is 23.2 Å². The second-order valence-electron chi connectivity index (χ2n) is 13.5. The van der Waals surface area contributed by atoms with Gasteiger partial charge in [-0.05, 0) is 45.2 Å². The molecule has 0 aliphatic carbocycles. The maximum atomic E-state index is 15.2. The summed E-state index contributed by atoms with van der Waals surface area (Å²) in [6.45, 7) is 3.21. The van der Waals surface area contributed by atoms with Gasteiger partial charge in [0.15, 0.2) is 11.5 Å². The number of amides is 1. The molecule has 3 unspecified atom stereocenters. The van der Waals surface area contributed by atoms with E-state index in [1.807, 2.05) is 0 Å². The maximum absolute atomic E-state index is 15.2. The molecule has 54 heavy (non-hydrogen) atoms. The van der Waals surface area contributed by atoms with Gasteiger partial charge in [0, 0.05) is 49.8 Å². The minimum absolute atomic E-state index is 0.000445. The zero-order chi connectivity index (χ0) is 39.1. The van der Waals surface area contributed by atoms with Gasteiger partial charge in [0.2, 0.25) is 0 Å². The van der Waals surface area contributed by atoms with Crippen molar-refractivity contribution in [1.82, 2.24) is 29.5 Å². The number of aryl methyl sites for hydroxylation is 1. The largest absolute Gasteiger partial charge is 0.467 e. The van der Waals surface area contributed by atoms with Crippen LogP contribution in [0.5, 0.6) is 6.01 Å². The molecular formula is C34H39Cl2F7N8O3. The number of aromatic nitrogens is 4. The van der Waals surface area contributed by atoms with E-state index in [0.717, 1.165) is 17.9 Å². The molecule has 7 rings (SSSR count). The Morgan fingerprint density at radius 3 is 2.61 bits per heavy atom. The molecule has 20 heteroatoms. The number of hydrogen-bond donors (Lipinski definition) is 1. The van der Waals surface area contributed by atoms with E-state index in [4.69, 9.17) is 38.4 Å². The maximum Gasteiger partial charge on any atom is 0.418 e. The second kappa shape index (κ2) is 16.2. The van der Waals surface area contributed by atoms with Gasteiger partial charge in [-0.25, -0.2) is 17.6 Å². The first kappa shape index (κ1) is 40.1. The number of anilines is 2. The number of hydrogen-bond acceptors (Lipinski definition) is 9. The summed E-state index contributed by atoms with van der Waals surface area (Å²) in [4.78, 5) is 26.9. The Hall–Kier alpha value is -3.61. The van der Waals surface area contributed by atoms with Gasteiger partial charge in [0.1, 0.15) is 12.0 Å². The number of nitrogen functional groups attached to an aromatic ring is 1. The second-order valence-corrected chi connectivity index (χ2v) is 14.3. The molecule has 1 aromatic carbocycles. The van der Waals surface area contributed by atoms with Crippen LogP contribution in [-0.4, -0.2) is 93.9 Å². The molecule has 6 heterocycles. The lowest BCUT2D eigenvalue weighted by Crippen LogP contribution is -2.35. The molecule has 0 radical (unpaired) electrons. The van der Waals surface area contributed by atoms with Crippen LogP contribution in [0.3, 0.4) is 0 Å². The van der Waals surface area contributed by atoms with Gasteiger partial charge in [0.05, 0.1) is 65.6 Å². The lowest BCUT2D eigenvalue weighted by Gasteiger charge is -2.31. The van der Waals surface area contributed by atoms with Gasteiger partial charge in [-0.15, -0.1) is 0 Å². The third-order valence-electron chi connectivity index (χ3n) is 10.0. The summed E-state index contributed by atoms with van der Waals surface area (Å²) in [5, 5.41) is 3.56. The molecule has 2 fully saturated rings. The molecule has 296 valence electrons. The van der Waals surface area contributed by atoms with Crippen molar-refractivity contribution in [2.75, 3.05) is 50.5 Å². The van der Waals surface area contributed by atoms with E-state index in [-0.39, 0.29) is 48.5 Å². The number of alkyl halides is 6. The highest BCUT2D eigenvalue weighted by Crippen LogP contribution is 2.46. The first-order chi connectivity index (χ1) is 25.6. The van der Waals surface area contributed by atoms with Crippen LogP contribution in [0.15, 0.2) is 6.07 Å². The number of ether oxygens (including phenoxy) is 2. The van der Waals surface area contributed by atoms with Crippen LogP contribution < -0.4 is 15.4 Å². The molecule has 3 aromatic rings. The number of benzene rings is 1. The zero-order valence-electron chi connectivity index (χ0n) is 29.4. The van der Waals surface area contributed by atoms with Gasteiger partial charge in [-0.1, -0.05) is 23.2 Å². The fourth-order valence-corrected chi connectivity index (χ4v) is 8.13. The summed E-state index contributed by atoms with van der Waals surface area (Å²) in [5.74, 6) is -1.70. The summed E-state index contributed by atoms with van der Waals surface area (Å²) in [6.07, 6.45) is -6.15. The Bertz CT molecular complexity index is 1850. The van der Waals surface area contributed by atoms with Crippen LogP contribution in [0, 0.1) is 5.82 Å². The Labute approximate surface area is 316 Å². The van der Waals surface area contributed by atoms with Crippen molar-refractivity contribution in [2.45, 2.75) is 89.6 Å². The number of carbonyl (C=O) groups is 1. The fraction of sp³-hybridized carbons (Fsp3) is 0.588. The van der Waals surface area contributed by atoms with Crippen LogP contribution in [0.4, 0.5) is 42.2 Å². The molecule has 11 nitrogen and oxygen atoms in total. The average Bonchev–Trinajstić information content (AvgIpc) is 3.74. The van der Waals surface area contributed by atoms with Crippen molar-refractivity contribution in [1.29, 1.82) is 0 Å². The van der Waals surface area contributed by atoms with Crippen molar-refractivity contribution in [3.8, 4) is 6.01 Å². The summed E-state index contributed by atoms with van der Waals surface area (Å²) < 4.78 is 108. The Morgan fingerprint density at radius 2 is 1.94 bits per heavy atom. The lowest BCUT2D eigenvalue weighted by atomic mass is 9.93. The van der Waals surface area contributed by atoms with Gasteiger partial charge in [0.25, 0.3) is 12.3 Å². The SMILES string of the molecule is CCN(CC(F)F)C(=O)c1nn2c(c1Cl)CN(c1nc(OC)nc3c1COC(c1c(F)c(N)cc(Cl)c1C(F)(F)F)C3)CCC2.FC1CC2CCCN2C1. The Kier molecular flexibility index (Phi) is 12.0. The number of fused-ring (bicyclic) bond motifs is 3. The summed E-state index contributed by atoms with van der Waals surface area (Å²) in [6, 6.07) is 1.22. The van der Waals surface area contributed by atoms with E-state index < -0.39 is 65.0 Å². The Morgan fingerprint density at radius 1 is 1.19 bits per heavy atom. The molecule has 0 bridgehead atoms. The molecule has 4 aliphatic heterocycles. The van der Waals surface area contributed by atoms with Crippen LogP contribution in [0.1, 0.15) is 77.3 Å². The third-order valence-corrected chi connectivity index (χ3v) is 10.7. The molecule has 2 saturated heterocycles. The van der Waals surface area contributed by atoms with Gasteiger partial charge in [-0.2, -0.15) is 28.2 Å². The van der Waals surface area contributed by atoms with Crippen LogP contribution in [0.25, 0.3) is 0 Å². The van der Waals surface area contributed by atoms with Crippen molar-refractivity contribution in [2.24, 2.45) is 0 Å². The van der Waals surface area contributed by atoms with Crippen molar-refractivity contribution >= 4 is 40.6 Å². The van der Waals surface area contributed by atoms with E-state index in [0.29, 0.717) is 55.2 Å².